The molecule has 30 heavy (non-hydrogen) atoms. The minimum atomic E-state index is -0.113. The van der Waals surface area contributed by atoms with Crippen molar-refractivity contribution in [3.05, 3.63) is 48.5 Å². The molecule has 0 spiro atoms. The Labute approximate surface area is 174 Å². The smallest absolute Gasteiger partial charge is 0.147 e. The Morgan fingerprint density at radius 2 is 1.87 bits per heavy atom. The normalized spacial score (nSPS) is 25.2. The highest BCUT2D eigenvalue weighted by molar-refractivity contribution is 6.04. The Bertz CT molecular complexity index is 1370. The van der Waals surface area contributed by atoms with Crippen molar-refractivity contribution in [1.29, 1.82) is 0 Å². The predicted molar refractivity (Wildman–Crippen MR) is 119 cm³/mol. The van der Waals surface area contributed by atoms with Crippen LogP contribution in [0.5, 0.6) is 0 Å². The van der Waals surface area contributed by atoms with Gasteiger partial charge in [-0.05, 0) is 44.2 Å². The lowest BCUT2D eigenvalue weighted by Crippen LogP contribution is -2.33. The summed E-state index contributed by atoms with van der Waals surface area (Å²) in [7, 11) is 0. The van der Waals surface area contributed by atoms with Gasteiger partial charge in [-0.1, -0.05) is 24.1 Å². The first kappa shape index (κ1) is 17.4. The van der Waals surface area contributed by atoms with Gasteiger partial charge in [0.15, 0.2) is 0 Å². The second-order valence-corrected chi connectivity index (χ2v) is 8.84. The minimum absolute atomic E-state index is 0.105. The van der Waals surface area contributed by atoms with Crippen LogP contribution in [0.15, 0.2) is 42.9 Å². The lowest BCUT2D eigenvalue weighted by atomic mass is 9.91. The van der Waals surface area contributed by atoms with Crippen molar-refractivity contribution in [2.45, 2.75) is 43.2 Å². The van der Waals surface area contributed by atoms with Crippen LogP contribution in [-0.4, -0.2) is 25.1 Å². The summed E-state index contributed by atoms with van der Waals surface area (Å²) in [6.07, 6.45) is 14.4. The molecule has 4 aromatic rings. The number of rotatable bonds is 2. The Morgan fingerprint density at radius 1 is 1.07 bits per heavy atom. The highest BCUT2D eigenvalue weighted by Crippen LogP contribution is 2.56. The number of terminal acetylenes is 1. The Morgan fingerprint density at radius 3 is 2.60 bits per heavy atom. The molecule has 2 aliphatic rings. The third-order valence-corrected chi connectivity index (χ3v) is 7.13. The summed E-state index contributed by atoms with van der Waals surface area (Å²) >= 11 is 0. The van der Waals surface area contributed by atoms with Crippen LogP contribution in [0.25, 0.3) is 33.1 Å². The molecule has 0 aliphatic heterocycles. The number of benzene rings is 1. The number of nitrogens with zero attached hydrogens (tertiary/aromatic N) is 4. The van der Waals surface area contributed by atoms with Crippen LogP contribution in [0.1, 0.15) is 37.8 Å². The second kappa shape index (κ2) is 5.80. The largest absolute Gasteiger partial charge is 0.383 e. The fourth-order valence-corrected chi connectivity index (χ4v) is 5.75. The Hall–Kier alpha value is -3.43. The van der Waals surface area contributed by atoms with E-state index < -0.39 is 0 Å². The van der Waals surface area contributed by atoms with E-state index in [1.165, 1.54) is 6.33 Å². The molecular formula is C24H22N6. The van der Waals surface area contributed by atoms with Gasteiger partial charge in [-0.2, -0.15) is 0 Å². The molecular weight excluding hydrogens is 372 g/mol. The van der Waals surface area contributed by atoms with E-state index in [1.807, 2.05) is 24.4 Å². The van der Waals surface area contributed by atoms with Crippen molar-refractivity contribution in [2.75, 3.05) is 5.73 Å². The number of aromatic nitrogens is 4. The molecule has 2 saturated carbocycles. The number of fused-ring (bicyclic) bond motifs is 4. The first-order valence-corrected chi connectivity index (χ1v) is 10.3. The zero-order chi connectivity index (χ0) is 20.5. The van der Waals surface area contributed by atoms with Gasteiger partial charge < -0.3 is 16.0 Å². The fraction of sp³-hybridized carbons (Fsp3) is 0.292. The summed E-state index contributed by atoms with van der Waals surface area (Å²) in [5.74, 6) is 3.40. The maximum absolute atomic E-state index is 6.64. The summed E-state index contributed by atoms with van der Waals surface area (Å²) in [5, 5.41) is 1.86. The molecule has 6 rings (SSSR count). The molecule has 3 aromatic heterocycles. The van der Waals surface area contributed by atoms with Crippen molar-refractivity contribution < 1.29 is 0 Å². The molecule has 0 saturated heterocycles. The van der Waals surface area contributed by atoms with Crippen molar-refractivity contribution in [3.8, 4) is 23.5 Å². The van der Waals surface area contributed by atoms with Gasteiger partial charge in [-0.25, -0.2) is 9.97 Å². The first-order valence-electron chi connectivity index (χ1n) is 10.3. The summed E-state index contributed by atoms with van der Waals surface area (Å²) in [4.78, 5) is 13.6. The molecule has 6 heteroatoms. The average Bonchev–Trinajstić information content (AvgIpc) is 3.40. The van der Waals surface area contributed by atoms with E-state index >= 15 is 0 Å². The molecule has 2 aliphatic carbocycles. The van der Waals surface area contributed by atoms with Crippen LogP contribution >= 0.6 is 0 Å². The van der Waals surface area contributed by atoms with Gasteiger partial charge >= 0.3 is 0 Å². The van der Waals surface area contributed by atoms with Gasteiger partial charge in [-0.15, -0.1) is 6.42 Å². The highest BCUT2D eigenvalue weighted by Gasteiger charge is 2.54. The van der Waals surface area contributed by atoms with Crippen LogP contribution in [0, 0.1) is 12.3 Å². The van der Waals surface area contributed by atoms with Crippen molar-refractivity contribution in [3.63, 3.8) is 0 Å². The van der Waals surface area contributed by atoms with E-state index in [0.29, 0.717) is 5.82 Å². The lowest BCUT2D eigenvalue weighted by molar-refractivity contribution is 0.296. The summed E-state index contributed by atoms with van der Waals surface area (Å²) < 4.78 is 2.24. The van der Waals surface area contributed by atoms with E-state index in [-0.39, 0.29) is 11.1 Å². The maximum Gasteiger partial charge on any atom is 0.147 e. The minimum Gasteiger partial charge on any atom is -0.383 e. The van der Waals surface area contributed by atoms with E-state index in [1.54, 1.807) is 0 Å². The maximum atomic E-state index is 6.64. The van der Waals surface area contributed by atoms with Gasteiger partial charge in [0, 0.05) is 33.8 Å². The molecule has 0 unspecified atom stereocenters. The predicted octanol–water partition coefficient (Wildman–Crippen LogP) is 3.58. The number of pyridine rings is 1. The molecule has 4 N–H and O–H groups in total. The molecule has 6 nitrogen and oxygen atoms in total. The average molecular weight is 394 g/mol. The molecule has 148 valence electrons. The third-order valence-electron chi connectivity index (χ3n) is 7.13. The SMILES string of the molecule is C#Cc1c(-c2cnc3ccccc3c2)c2c(N)ncnc2n1C12CCC(N)(CC1)C2. The van der Waals surface area contributed by atoms with Gasteiger partial charge in [-0.3, -0.25) is 4.98 Å². The quantitative estimate of drug-likeness (QED) is 0.507. The number of para-hydroxylation sites is 1. The van der Waals surface area contributed by atoms with Crippen LogP contribution in [0.4, 0.5) is 5.82 Å². The highest BCUT2D eigenvalue weighted by atomic mass is 15.2. The number of hydrogen-bond acceptors (Lipinski definition) is 5. The van der Waals surface area contributed by atoms with E-state index in [4.69, 9.17) is 17.9 Å². The molecule has 0 amide bonds. The van der Waals surface area contributed by atoms with Gasteiger partial charge in [0.1, 0.15) is 23.5 Å². The van der Waals surface area contributed by atoms with E-state index in [0.717, 1.165) is 70.9 Å². The Balaban J connectivity index is 1.70. The topological polar surface area (TPSA) is 95.6 Å². The fourth-order valence-electron chi connectivity index (χ4n) is 5.75. The lowest BCUT2D eigenvalue weighted by Gasteiger charge is -2.30. The van der Waals surface area contributed by atoms with Gasteiger partial charge in [0.25, 0.3) is 0 Å². The Kier molecular flexibility index (Phi) is 3.37. The number of nitrogens with two attached hydrogens (primary N) is 2. The van der Waals surface area contributed by atoms with Crippen LogP contribution in [-0.2, 0) is 5.54 Å². The second-order valence-electron chi connectivity index (χ2n) is 8.84. The van der Waals surface area contributed by atoms with Gasteiger partial charge in [0.2, 0.25) is 0 Å². The number of anilines is 1. The first-order chi connectivity index (χ1) is 14.5. The molecule has 2 bridgehead atoms. The summed E-state index contributed by atoms with van der Waals surface area (Å²) in [5.41, 5.74) is 17.1. The molecule has 2 fully saturated rings. The zero-order valence-corrected chi connectivity index (χ0v) is 16.6. The number of hydrogen-bond donors (Lipinski definition) is 2. The van der Waals surface area contributed by atoms with Crippen LogP contribution in [0.3, 0.4) is 0 Å². The standard InChI is InChI=1S/C24H22N6/c1-2-18-19(16-11-15-5-3-4-6-17(15)27-12-16)20-21(25)28-14-29-22(20)30(18)24-9-7-23(26,13-24)8-10-24/h1,3-6,11-12,14H,7-10,13,26H2,(H2,25,28,29). The number of nitrogen functional groups attached to an aromatic ring is 1. The van der Waals surface area contributed by atoms with Crippen molar-refractivity contribution in [1.82, 2.24) is 19.5 Å². The van der Waals surface area contributed by atoms with Crippen LogP contribution < -0.4 is 11.5 Å². The summed E-state index contributed by atoms with van der Waals surface area (Å²) in [6.45, 7) is 0. The molecule has 3 heterocycles. The van der Waals surface area contributed by atoms with Crippen molar-refractivity contribution in [2.24, 2.45) is 5.73 Å². The van der Waals surface area contributed by atoms with E-state index in [9.17, 15) is 0 Å². The van der Waals surface area contributed by atoms with Crippen LogP contribution in [0.2, 0.25) is 0 Å². The zero-order valence-electron chi connectivity index (χ0n) is 16.6. The van der Waals surface area contributed by atoms with E-state index in [2.05, 4.69) is 37.6 Å². The molecule has 0 radical (unpaired) electrons. The molecule has 1 aromatic carbocycles. The monoisotopic (exact) mass is 394 g/mol. The third kappa shape index (κ3) is 2.21. The molecule has 0 atom stereocenters. The van der Waals surface area contributed by atoms with Crippen molar-refractivity contribution >= 4 is 27.8 Å². The van der Waals surface area contributed by atoms with Gasteiger partial charge in [0.05, 0.1) is 10.9 Å². The summed E-state index contributed by atoms with van der Waals surface area (Å²) in [6, 6.07) is 10.2.